The standard InChI is InChI=1S/C23H23NO6/c1-15-13-18(9-10-19(15)23(22(25)26)28-11-6-12-29-23)27-14-20-16(2)30-21(24-20)17-7-4-3-5-8-17/h3-5,7-10,13H,6,11-12,14H2,1-2H3,(H,25,26). The largest absolute Gasteiger partial charge is 0.487 e. The van der Waals surface area contributed by atoms with Crippen LogP contribution in [0.15, 0.2) is 52.9 Å². The number of carboxylic acids is 1. The van der Waals surface area contributed by atoms with Crippen LogP contribution in [-0.2, 0) is 26.7 Å². The van der Waals surface area contributed by atoms with Gasteiger partial charge in [0.05, 0.1) is 13.2 Å². The highest BCUT2D eigenvalue weighted by Gasteiger charge is 2.46. The third-order valence-corrected chi connectivity index (χ3v) is 5.02. The number of aromatic nitrogens is 1. The minimum atomic E-state index is -1.77. The van der Waals surface area contributed by atoms with Crippen molar-refractivity contribution in [2.24, 2.45) is 0 Å². The molecule has 7 nitrogen and oxygen atoms in total. The average Bonchev–Trinajstić information content (AvgIpc) is 3.14. The van der Waals surface area contributed by atoms with E-state index < -0.39 is 11.8 Å². The van der Waals surface area contributed by atoms with Crippen LogP contribution in [0.5, 0.6) is 5.75 Å². The number of aryl methyl sites for hydroxylation is 2. The van der Waals surface area contributed by atoms with Crippen molar-refractivity contribution in [1.82, 2.24) is 4.98 Å². The molecule has 0 saturated carbocycles. The van der Waals surface area contributed by atoms with E-state index in [0.29, 0.717) is 53.9 Å². The first-order chi connectivity index (χ1) is 14.5. The molecule has 3 aromatic rings. The normalized spacial score (nSPS) is 15.7. The van der Waals surface area contributed by atoms with Crippen molar-refractivity contribution in [3.05, 3.63) is 71.1 Å². The number of aliphatic carboxylic acids is 1. The fourth-order valence-electron chi connectivity index (χ4n) is 3.44. The van der Waals surface area contributed by atoms with E-state index in [4.69, 9.17) is 18.6 Å². The maximum atomic E-state index is 11.9. The van der Waals surface area contributed by atoms with Crippen molar-refractivity contribution < 1.29 is 28.5 Å². The molecule has 2 heterocycles. The summed E-state index contributed by atoms with van der Waals surface area (Å²) < 4.78 is 22.7. The van der Waals surface area contributed by atoms with Crippen LogP contribution >= 0.6 is 0 Å². The number of nitrogens with zero attached hydrogens (tertiary/aromatic N) is 1. The minimum absolute atomic E-state index is 0.234. The molecule has 0 amide bonds. The lowest BCUT2D eigenvalue weighted by Gasteiger charge is -2.34. The van der Waals surface area contributed by atoms with E-state index in [2.05, 4.69) is 4.98 Å². The molecule has 1 N–H and O–H groups in total. The van der Waals surface area contributed by atoms with Gasteiger partial charge in [-0.1, -0.05) is 18.2 Å². The Labute approximate surface area is 174 Å². The van der Waals surface area contributed by atoms with Gasteiger partial charge in [-0.15, -0.1) is 0 Å². The Balaban J connectivity index is 1.51. The predicted octanol–water partition coefficient (Wildman–Crippen LogP) is 4.21. The molecule has 0 radical (unpaired) electrons. The fourth-order valence-corrected chi connectivity index (χ4v) is 3.44. The Morgan fingerprint density at radius 1 is 1.13 bits per heavy atom. The molecule has 4 rings (SSSR count). The van der Waals surface area contributed by atoms with E-state index >= 15 is 0 Å². The Morgan fingerprint density at radius 2 is 1.87 bits per heavy atom. The molecule has 156 valence electrons. The SMILES string of the molecule is Cc1cc(OCc2nc(-c3ccccc3)oc2C)ccc1C1(C(=O)O)OCCCO1. The van der Waals surface area contributed by atoms with Crippen LogP contribution in [0, 0.1) is 13.8 Å². The van der Waals surface area contributed by atoms with Crippen LogP contribution in [0.4, 0.5) is 0 Å². The number of hydrogen-bond acceptors (Lipinski definition) is 6. The first kappa shape index (κ1) is 20.1. The van der Waals surface area contributed by atoms with Gasteiger partial charge >= 0.3 is 5.97 Å². The number of ether oxygens (including phenoxy) is 3. The predicted molar refractivity (Wildman–Crippen MR) is 108 cm³/mol. The van der Waals surface area contributed by atoms with Gasteiger partial charge in [0.25, 0.3) is 5.79 Å². The van der Waals surface area contributed by atoms with E-state index in [0.717, 1.165) is 5.56 Å². The summed E-state index contributed by atoms with van der Waals surface area (Å²) in [5, 5.41) is 9.71. The van der Waals surface area contributed by atoms with Gasteiger partial charge in [0.1, 0.15) is 23.8 Å². The Morgan fingerprint density at radius 3 is 2.53 bits per heavy atom. The Hall–Kier alpha value is -3.16. The van der Waals surface area contributed by atoms with Crippen molar-refractivity contribution in [2.75, 3.05) is 13.2 Å². The number of rotatable bonds is 6. The lowest BCUT2D eigenvalue weighted by molar-refractivity contribution is -0.273. The third-order valence-electron chi connectivity index (χ3n) is 5.02. The van der Waals surface area contributed by atoms with Crippen LogP contribution in [0.1, 0.15) is 29.0 Å². The molecule has 0 spiro atoms. The molecule has 2 aromatic carbocycles. The molecule has 1 saturated heterocycles. The van der Waals surface area contributed by atoms with Crippen LogP contribution in [0.25, 0.3) is 11.5 Å². The summed E-state index contributed by atoms with van der Waals surface area (Å²) in [5.74, 6) is -1.10. The maximum Gasteiger partial charge on any atom is 0.369 e. The summed E-state index contributed by atoms with van der Waals surface area (Å²) in [7, 11) is 0. The summed E-state index contributed by atoms with van der Waals surface area (Å²) >= 11 is 0. The maximum absolute atomic E-state index is 11.9. The van der Waals surface area contributed by atoms with Gasteiger partial charge in [0.15, 0.2) is 0 Å². The average molecular weight is 409 g/mol. The molecule has 0 atom stereocenters. The molecule has 1 aliphatic heterocycles. The number of carboxylic acid groups (broad SMARTS) is 1. The van der Waals surface area contributed by atoms with Gasteiger partial charge in [-0.25, -0.2) is 9.78 Å². The van der Waals surface area contributed by atoms with E-state index in [1.165, 1.54) is 0 Å². The van der Waals surface area contributed by atoms with E-state index in [1.54, 1.807) is 18.2 Å². The van der Waals surface area contributed by atoms with Crippen molar-refractivity contribution in [1.29, 1.82) is 0 Å². The summed E-state index contributed by atoms with van der Waals surface area (Å²) in [4.78, 5) is 16.4. The Bertz CT molecular complexity index is 1040. The third kappa shape index (κ3) is 3.81. The summed E-state index contributed by atoms with van der Waals surface area (Å²) in [6, 6.07) is 14.8. The molecule has 0 aliphatic carbocycles. The topological polar surface area (TPSA) is 91.0 Å². The van der Waals surface area contributed by atoms with Crippen molar-refractivity contribution in [2.45, 2.75) is 32.7 Å². The van der Waals surface area contributed by atoms with Crippen molar-refractivity contribution >= 4 is 5.97 Å². The summed E-state index contributed by atoms with van der Waals surface area (Å²) in [5.41, 5.74) is 2.78. The second kappa shape index (κ2) is 8.30. The van der Waals surface area contributed by atoms with E-state index in [9.17, 15) is 9.90 Å². The second-order valence-electron chi connectivity index (χ2n) is 7.13. The van der Waals surface area contributed by atoms with Gasteiger partial charge in [0.2, 0.25) is 5.89 Å². The highest BCUT2D eigenvalue weighted by atomic mass is 16.7. The fraction of sp³-hybridized carbons (Fsp3) is 0.304. The van der Waals surface area contributed by atoms with Crippen LogP contribution in [0.2, 0.25) is 0 Å². The number of benzene rings is 2. The molecule has 1 aliphatic rings. The first-order valence-electron chi connectivity index (χ1n) is 9.76. The lowest BCUT2D eigenvalue weighted by Crippen LogP contribution is -2.45. The van der Waals surface area contributed by atoms with Crippen molar-refractivity contribution in [3.8, 4) is 17.2 Å². The molecule has 1 aromatic heterocycles. The number of hydrogen-bond donors (Lipinski definition) is 1. The molecule has 7 heteroatoms. The first-order valence-corrected chi connectivity index (χ1v) is 9.76. The van der Waals surface area contributed by atoms with Gasteiger partial charge in [0, 0.05) is 11.1 Å². The zero-order valence-corrected chi connectivity index (χ0v) is 16.9. The Kier molecular flexibility index (Phi) is 5.57. The number of carbonyl (C=O) groups is 1. The molecule has 1 fully saturated rings. The highest BCUT2D eigenvalue weighted by Crippen LogP contribution is 2.35. The number of oxazole rings is 1. The van der Waals surface area contributed by atoms with E-state index in [1.807, 2.05) is 44.2 Å². The van der Waals surface area contributed by atoms with Gasteiger partial charge < -0.3 is 23.7 Å². The zero-order valence-electron chi connectivity index (χ0n) is 16.9. The lowest BCUT2D eigenvalue weighted by atomic mass is 9.99. The van der Waals surface area contributed by atoms with Crippen LogP contribution < -0.4 is 4.74 Å². The quantitative estimate of drug-likeness (QED) is 0.652. The van der Waals surface area contributed by atoms with Crippen molar-refractivity contribution in [3.63, 3.8) is 0 Å². The molecule has 30 heavy (non-hydrogen) atoms. The highest BCUT2D eigenvalue weighted by molar-refractivity contribution is 5.78. The monoisotopic (exact) mass is 409 g/mol. The molecule has 0 unspecified atom stereocenters. The summed E-state index contributed by atoms with van der Waals surface area (Å²) in [6.45, 7) is 4.56. The van der Waals surface area contributed by atoms with Gasteiger partial charge in [-0.2, -0.15) is 0 Å². The van der Waals surface area contributed by atoms with Crippen LogP contribution in [0.3, 0.4) is 0 Å². The van der Waals surface area contributed by atoms with E-state index in [-0.39, 0.29) is 6.61 Å². The molecular weight excluding hydrogens is 386 g/mol. The summed E-state index contributed by atoms with van der Waals surface area (Å²) in [6.07, 6.45) is 0.664. The molecule has 0 bridgehead atoms. The smallest absolute Gasteiger partial charge is 0.369 e. The molecular formula is C23H23NO6. The second-order valence-corrected chi connectivity index (χ2v) is 7.13. The minimum Gasteiger partial charge on any atom is -0.487 e. The van der Waals surface area contributed by atoms with Gasteiger partial charge in [-0.3, -0.25) is 0 Å². The van der Waals surface area contributed by atoms with Crippen LogP contribution in [-0.4, -0.2) is 29.3 Å². The van der Waals surface area contributed by atoms with Gasteiger partial charge in [-0.05, 0) is 56.2 Å². The zero-order chi connectivity index (χ0) is 21.1.